The smallest absolute Gasteiger partial charge is 0.0413 e. The Morgan fingerprint density at radius 2 is 2.21 bits per heavy atom. The highest BCUT2D eigenvalue weighted by Gasteiger charge is 2.31. The van der Waals surface area contributed by atoms with Crippen molar-refractivity contribution in [2.45, 2.75) is 51.6 Å². The first-order valence-corrected chi connectivity index (χ1v) is 8.59. The lowest BCUT2D eigenvalue weighted by Crippen LogP contribution is -2.44. The summed E-state index contributed by atoms with van der Waals surface area (Å²) in [6.45, 7) is 8.40. The lowest BCUT2D eigenvalue weighted by molar-refractivity contribution is 0.116. The zero-order valence-corrected chi connectivity index (χ0v) is 13.0. The molecule has 1 N–H and O–H groups in total. The molecule has 2 aliphatic heterocycles. The van der Waals surface area contributed by atoms with E-state index in [0.717, 1.165) is 12.0 Å². The van der Waals surface area contributed by atoms with Crippen LogP contribution in [0.2, 0.25) is 0 Å². The molecule has 2 fully saturated rings. The molecule has 1 aromatic rings. The van der Waals surface area contributed by atoms with Crippen molar-refractivity contribution in [2.75, 3.05) is 19.6 Å². The summed E-state index contributed by atoms with van der Waals surface area (Å²) in [5.41, 5.74) is 0. The van der Waals surface area contributed by atoms with Gasteiger partial charge >= 0.3 is 0 Å². The van der Waals surface area contributed by atoms with E-state index in [1.165, 1.54) is 55.1 Å². The molecule has 0 amide bonds. The molecule has 2 aliphatic rings. The Kier molecular flexibility index (Phi) is 4.25. The molecule has 0 spiro atoms. The van der Waals surface area contributed by atoms with Gasteiger partial charge in [0.05, 0.1) is 0 Å². The fourth-order valence-electron chi connectivity index (χ4n) is 3.69. The molecule has 106 valence electrons. The second-order valence-corrected chi connectivity index (χ2v) is 7.54. The van der Waals surface area contributed by atoms with E-state index in [2.05, 4.69) is 36.2 Å². The minimum atomic E-state index is 0.600. The Morgan fingerprint density at radius 1 is 1.32 bits per heavy atom. The highest BCUT2D eigenvalue weighted by Crippen LogP contribution is 2.32. The number of nitrogens with one attached hydrogen (secondary N) is 1. The minimum Gasteiger partial charge on any atom is -0.314 e. The predicted molar refractivity (Wildman–Crippen MR) is 82.8 cm³/mol. The van der Waals surface area contributed by atoms with Gasteiger partial charge in [-0.15, -0.1) is 11.3 Å². The number of likely N-dealkylation sites (tertiary alicyclic amines) is 1. The SMILES string of the molecule is Cc1ccc(C(C)N2CCCC(C3CCCN3)C2)s1. The normalized spacial score (nSPS) is 30.6. The van der Waals surface area contributed by atoms with Crippen molar-refractivity contribution in [3.63, 3.8) is 0 Å². The molecule has 3 heteroatoms. The van der Waals surface area contributed by atoms with E-state index in [0.29, 0.717) is 6.04 Å². The van der Waals surface area contributed by atoms with Gasteiger partial charge in [0, 0.05) is 28.4 Å². The number of rotatable bonds is 3. The van der Waals surface area contributed by atoms with Crippen LogP contribution in [0.15, 0.2) is 12.1 Å². The topological polar surface area (TPSA) is 15.3 Å². The number of thiophene rings is 1. The van der Waals surface area contributed by atoms with Gasteiger partial charge in [0.15, 0.2) is 0 Å². The van der Waals surface area contributed by atoms with E-state index in [-0.39, 0.29) is 0 Å². The summed E-state index contributed by atoms with van der Waals surface area (Å²) in [6.07, 6.45) is 5.56. The van der Waals surface area contributed by atoms with Gasteiger partial charge in [-0.1, -0.05) is 0 Å². The Hall–Kier alpha value is -0.380. The van der Waals surface area contributed by atoms with Crippen LogP contribution in [-0.4, -0.2) is 30.6 Å². The van der Waals surface area contributed by atoms with Crippen LogP contribution < -0.4 is 5.32 Å². The highest BCUT2D eigenvalue weighted by molar-refractivity contribution is 7.12. The zero-order chi connectivity index (χ0) is 13.2. The van der Waals surface area contributed by atoms with E-state index >= 15 is 0 Å². The van der Waals surface area contributed by atoms with Crippen molar-refractivity contribution >= 4 is 11.3 Å². The zero-order valence-electron chi connectivity index (χ0n) is 12.2. The fraction of sp³-hybridized carbons (Fsp3) is 0.750. The van der Waals surface area contributed by atoms with Gasteiger partial charge in [-0.25, -0.2) is 0 Å². The van der Waals surface area contributed by atoms with Crippen molar-refractivity contribution in [3.05, 3.63) is 21.9 Å². The second-order valence-electron chi connectivity index (χ2n) is 6.22. The summed E-state index contributed by atoms with van der Waals surface area (Å²) < 4.78 is 0. The average Bonchev–Trinajstić information content (AvgIpc) is 3.09. The average molecular weight is 278 g/mol. The molecule has 0 saturated carbocycles. The lowest BCUT2D eigenvalue weighted by atomic mass is 9.89. The molecule has 0 radical (unpaired) electrons. The first-order valence-electron chi connectivity index (χ1n) is 7.78. The molecule has 3 atom stereocenters. The van der Waals surface area contributed by atoms with Crippen LogP contribution in [0.3, 0.4) is 0 Å². The molecule has 0 aliphatic carbocycles. The first-order chi connectivity index (χ1) is 9.24. The molecule has 3 unspecified atom stereocenters. The van der Waals surface area contributed by atoms with E-state index in [4.69, 9.17) is 0 Å². The summed E-state index contributed by atoms with van der Waals surface area (Å²) in [6, 6.07) is 5.97. The van der Waals surface area contributed by atoms with E-state index in [1.54, 1.807) is 0 Å². The third-order valence-electron chi connectivity index (χ3n) is 4.88. The van der Waals surface area contributed by atoms with Gasteiger partial charge in [-0.3, -0.25) is 4.90 Å². The maximum absolute atomic E-state index is 3.71. The van der Waals surface area contributed by atoms with Gasteiger partial charge in [-0.2, -0.15) is 0 Å². The minimum absolute atomic E-state index is 0.600. The third kappa shape index (κ3) is 3.04. The molecule has 3 heterocycles. The Bertz CT molecular complexity index is 409. The van der Waals surface area contributed by atoms with Crippen LogP contribution in [0.25, 0.3) is 0 Å². The van der Waals surface area contributed by atoms with E-state index in [9.17, 15) is 0 Å². The molecular formula is C16H26N2S. The number of nitrogens with zero attached hydrogens (tertiary/aromatic N) is 1. The maximum Gasteiger partial charge on any atom is 0.0413 e. The molecule has 2 saturated heterocycles. The summed E-state index contributed by atoms with van der Waals surface area (Å²) in [7, 11) is 0. The Labute approximate surface area is 121 Å². The maximum atomic E-state index is 3.71. The van der Waals surface area contributed by atoms with Gasteiger partial charge in [0.25, 0.3) is 0 Å². The van der Waals surface area contributed by atoms with Crippen molar-refractivity contribution in [3.8, 4) is 0 Å². The summed E-state index contributed by atoms with van der Waals surface area (Å²) in [5.74, 6) is 0.875. The van der Waals surface area contributed by atoms with Crippen LogP contribution in [-0.2, 0) is 0 Å². The summed E-state index contributed by atoms with van der Waals surface area (Å²) in [4.78, 5) is 5.69. The fourth-order valence-corrected chi connectivity index (χ4v) is 4.66. The molecular weight excluding hydrogens is 252 g/mol. The molecule has 0 aromatic carbocycles. The molecule has 2 nitrogen and oxygen atoms in total. The number of hydrogen-bond donors (Lipinski definition) is 1. The monoisotopic (exact) mass is 278 g/mol. The van der Waals surface area contributed by atoms with Crippen molar-refractivity contribution in [2.24, 2.45) is 5.92 Å². The van der Waals surface area contributed by atoms with Gasteiger partial charge < -0.3 is 5.32 Å². The summed E-state index contributed by atoms with van der Waals surface area (Å²) >= 11 is 1.97. The second kappa shape index (κ2) is 5.94. The quantitative estimate of drug-likeness (QED) is 0.909. The molecule has 3 rings (SSSR count). The number of aryl methyl sites for hydroxylation is 1. The lowest BCUT2D eigenvalue weighted by Gasteiger charge is -2.38. The van der Waals surface area contributed by atoms with Gasteiger partial charge in [-0.05, 0) is 70.7 Å². The van der Waals surface area contributed by atoms with Crippen molar-refractivity contribution in [1.82, 2.24) is 10.2 Å². The summed E-state index contributed by atoms with van der Waals surface area (Å²) in [5, 5.41) is 3.71. The Balaban J connectivity index is 1.64. The standard InChI is InChI=1S/C16H26N2S/c1-12-7-8-16(19-12)13(2)18-10-4-5-14(11-18)15-6-3-9-17-15/h7-8,13-15,17H,3-6,9-11H2,1-2H3. The van der Waals surface area contributed by atoms with Gasteiger partial charge in [0.1, 0.15) is 0 Å². The van der Waals surface area contributed by atoms with E-state index < -0.39 is 0 Å². The van der Waals surface area contributed by atoms with Crippen molar-refractivity contribution < 1.29 is 0 Å². The largest absolute Gasteiger partial charge is 0.314 e. The van der Waals surface area contributed by atoms with Crippen LogP contribution in [0.1, 0.15) is 48.4 Å². The van der Waals surface area contributed by atoms with Crippen LogP contribution >= 0.6 is 11.3 Å². The van der Waals surface area contributed by atoms with Gasteiger partial charge in [0.2, 0.25) is 0 Å². The van der Waals surface area contributed by atoms with Crippen LogP contribution in [0.4, 0.5) is 0 Å². The van der Waals surface area contributed by atoms with Crippen LogP contribution in [0.5, 0.6) is 0 Å². The molecule has 1 aromatic heterocycles. The first kappa shape index (κ1) is 13.6. The highest BCUT2D eigenvalue weighted by atomic mass is 32.1. The predicted octanol–water partition coefficient (Wildman–Crippen LogP) is 3.58. The molecule has 0 bridgehead atoms. The number of hydrogen-bond acceptors (Lipinski definition) is 3. The van der Waals surface area contributed by atoms with Crippen LogP contribution in [0, 0.1) is 12.8 Å². The van der Waals surface area contributed by atoms with E-state index in [1.807, 2.05) is 11.3 Å². The number of piperidine rings is 1. The Morgan fingerprint density at radius 3 is 2.89 bits per heavy atom. The third-order valence-corrected chi connectivity index (χ3v) is 6.05. The van der Waals surface area contributed by atoms with Crippen molar-refractivity contribution in [1.29, 1.82) is 0 Å². The molecule has 19 heavy (non-hydrogen) atoms.